The second-order valence-electron chi connectivity index (χ2n) is 10.2. The smallest absolute Gasteiger partial charge is 0.257 e. The van der Waals surface area contributed by atoms with Crippen LogP contribution in [-0.4, -0.2) is 54.7 Å². The lowest BCUT2D eigenvalue weighted by atomic mass is 9.84. The molecule has 6 rings (SSSR count). The van der Waals surface area contributed by atoms with Crippen LogP contribution in [0.25, 0.3) is 21.0 Å². The lowest BCUT2D eigenvalue weighted by Gasteiger charge is -2.36. The standard InChI is InChI=1S/C30H33N3O3S/c34-29-12-10-22-9-11-24(21-27(22)33(29)30(35)23-5-3-6-23)36-19-2-1-14-31-15-17-32(18-16-31)26-7-4-8-28-25(26)13-20-37-28/h4,7-13,20-21,23H,1-3,5-6,14-19H2. The molecule has 0 amide bonds. The Morgan fingerprint density at radius 1 is 0.973 bits per heavy atom. The Hall–Kier alpha value is -3.16. The summed E-state index contributed by atoms with van der Waals surface area (Å²) >= 11 is 1.81. The van der Waals surface area contributed by atoms with Crippen molar-refractivity contribution in [1.82, 2.24) is 9.47 Å². The van der Waals surface area contributed by atoms with Gasteiger partial charge in [0, 0.05) is 60.0 Å². The molecule has 2 fully saturated rings. The van der Waals surface area contributed by atoms with Crippen molar-refractivity contribution in [2.75, 3.05) is 44.2 Å². The molecule has 1 aliphatic heterocycles. The Bertz CT molecular complexity index is 1460. The van der Waals surface area contributed by atoms with E-state index >= 15 is 0 Å². The molecule has 0 N–H and O–H groups in total. The van der Waals surface area contributed by atoms with E-state index in [0.717, 1.165) is 70.2 Å². The first-order valence-electron chi connectivity index (χ1n) is 13.4. The van der Waals surface area contributed by atoms with Crippen LogP contribution in [0.3, 0.4) is 0 Å². The van der Waals surface area contributed by atoms with Gasteiger partial charge in [0.05, 0.1) is 12.1 Å². The van der Waals surface area contributed by atoms with Gasteiger partial charge in [0.2, 0.25) is 5.91 Å². The minimum atomic E-state index is -0.256. The average Bonchev–Trinajstić information content (AvgIpc) is 3.37. The first kappa shape index (κ1) is 24.2. The molecule has 0 spiro atoms. The van der Waals surface area contributed by atoms with Crippen molar-refractivity contribution in [1.29, 1.82) is 0 Å². The lowest BCUT2D eigenvalue weighted by Crippen LogP contribution is -2.46. The first-order valence-corrected chi connectivity index (χ1v) is 14.3. The van der Waals surface area contributed by atoms with E-state index in [2.05, 4.69) is 39.4 Å². The normalized spacial score (nSPS) is 16.8. The van der Waals surface area contributed by atoms with E-state index in [1.54, 1.807) is 6.07 Å². The lowest BCUT2D eigenvalue weighted by molar-refractivity contribution is 0.0766. The number of nitrogens with zero attached hydrogens (tertiary/aromatic N) is 3. The number of hydrogen-bond donors (Lipinski definition) is 0. The fraction of sp³-hybridized carbons (Fsp3) is 0.400. The minimum Gasteiger partial charge on any atom is -0.494 e. The average molecular weight is 516 g/mol. The summed E-state index contributed by atoms with van der Waals surface area (Å²) in [6, 6.07) is 17.8. The molecule has 1 aliphatic carbocycles. The van der Waals surface area contributed by atoms with Crippen molar-refractivity contribution in [3.63, 3.8) is 0 Å². The number of pyridine rings is 1. The zero-order chi connectivity index (χ0) is 25.2. The number of carbonyl (C=O) groups is 1. The highest BCUT2D eigenvalue weighted by atomic mass is 32.1. The van der Waals surface area contributed by atoms with Crippen molar-refractivity contribution >= 4 is 43.9 Å². The van der Waals surface area contributed by atoms with Crippen LogP contribution in [0.5, 0.6) is 5.75 Å². The molecule has 0 atom stereocenters. The van der Waals surface area contributed by atoms with Gasteiger partial charge >= 0.3 is 0 Å². The summed E-state index contributed by atoms with van der Waals surface area (Å²) in [4.78, 5) is 30.5. The number of thiophene rings is 1. The van der Waals surface area contributed by atoms with Gasteiger partial charge in [-0.3, -0.25) is 14.5 Å². The molecule has 4 aromatic rings. The van der Waals surface area contributed by atoms with E-state index in [0.29, 0.717) is 17.9 Å². The van der Waals surface area contributed by atoms with Crippen molar-refractivity contribution in [2.24, 2.45) is 5.92 Å². The zero-order valence-corrected chi connectivity index (χ0v) is 21.9. The van der Waals surface area contributed by atoms with Crippen LogP contribution in [0.4, 0.5) is 5.69 Å². The van der Waals surface area contributed by atoms with Gasteiger partial charge in [-0.15, -0.1) is 11.3 Å². The van der Waals surface area contributed by atoms with E-state index in [1.807, 2.05) is 29.5 Å². The van der Waals surface area contributed by atoms with Crippen molar-refractivity contribution in [3.8, 4) is 5.75 Å². The highest BCUT2D eigenvalue weighted by molar-refractivity contribution is 7.17. The van der Waals surface area contributed by atoms with Crippen LogP contribution < -0.4 is 15.2 Å². The first-order chi connectivity index (χ1) is 18.2. The number of aromatic nitrogens is 1. The number of benzene rings is 2. The van der Waals surface area contributed by atoms with E-state index in [9.17, 15) is 9.59 Å². The SMILES string of the molecule is O=C(C1CCC1)n1c(=O)ccc2ccc(OCCCCN3CCN(c4cccc5sccc45)CC3)cc21. The molecule has 7 heteroatoms. The van der Waals surface area contributed by atoms with E-state index in [1.165, 1.54) is 26.4 Å². The zero-order valence-electron chi connectivity index (χ0n) is 21.1. The monoisotopic (exact) mass is 515 g/mol. The number of fused-ring (bicyclic) bond motifs is 2. The van der Waals surface area contributed by atoms with Crippen LogP contribution >= 0.6 is 11.3 Å². The summed E-state index contributed by atoms with van der Waals surface area (Å²) in [5.41, 5.74) is 1.76. The molecular weight excluding hydrogens is 482 g/mol. The third kappa shape index (κ3) is 5.03. The summed E-state index contributed by atoms with van der Waals surface area (Å²) in [7, 11) is 0. The van der Waals surface area contributed by atoms with Crippen LogP contribution in [0, 0.1) is 5.92 Å². The molecule has 192 valence electrons. The van der Waals surface area contributed by atoms with E-state index < -0.39 is 0 Å². The van der Waals surface area contributed by atoms with Crippen molar-refractivity contribution < 1.29 is 9.53 Å². The summed E-state index contributed by atoms with van der Waals surface area (Å²) in [5.74, 6) is 0.606. The maximum Gasteiger partial charge on any atom is 0.257 e. The van der Waals surface area contributed by atoms with Gasteiger partial charge in [0.1, 0.15) is 5.75 Å². The van der Waals surface area contributed by atoms with Gasteiger partial charge in [-0.25, -0.2) is 4.57 Å². The van der Waals surface area contributed by atoms with Crippen LogP contribution in [0.15, 0.2) is 64.8 Å². The predicted octanol–water partition coefficient (Wildman–Crippen LogP) is 5.64. The Kier molecular flexibility index (Phi) is 6.98. The summed E-state index contributed by atoms with van der Waals surface area (Å²) in [6.45, 7) is 5.98. The Labute approximate surface area is 221 Å². The molecule has 0 radical (unpaired) electrons. The highest BCUT2D eigenvalue weighted by Crippen LogP contribution is 2.31. The Morgan fingerprint density at radius 2 is 1.81 bits per heavy atom. The fourth-order valence-electron chi connectivity index (χ4n) is 5.46. The highest BCUT2D eigenvalue weighted by Gasteiger charge is 2.28. The third-order valence-corrected chi connectivity index (χ3v) is 8.75. The van der Waals surface area contributed by atoms with Crippen LogP contribution in [0.2, 0.25) is 0 Å². The fourth-order valence-corrected chi connectivity index (χ4v) is 6.27. The number of unbranched alkanes of at least 4 members (excludes halogenated alkanes) is 1. The Balaban J connectivity index is 0.992. The van der Waals surface area contributed by atoms with E-state index in [-0.39, 0.29) is 17.4 Å². The molecule has 3 heterocycles. The second kappa shape index (κ2) is 10.7. The Morgan fingerprint density at radius 3 is 2.62 bits per heavy atom. The number of rotatable bonds is 8. The van der Waals surface area contributed by atoms with Crippen LogP contribution in [0.1, 0.15) is 36.9 Å². The number of anilines is 1. The number of hydrogen-bond acceptors (Lipinski definition) is 6. The molecule has 2 aliphatic rings. The quantitative estimate of drug-likeness (QED) is 0.284. The molecule has 0 unspecified atom stereocenters. The van der Waals surface area contributed by atoms with Crippen molar-refractivity contribution in [3.05, 3.63) is 70.3 Å². The molecule has 1 saturated carbocycles. The molecule has 2 aromatic heterocycles. The van der Waals surface area contributed by atoms with Gasteiger partial charge in [-0.1, -0.05) is 12.5 Å². The maximum atomic E-state index is 12.9. The van der Waals surface area contributed by atoms with Crippen LogP contribution in [-0.2, 0) is 0 Å². The summed E-state index contributed by atoms with van der Waals surface area (Å²) < 4.78 is 8.75. The van der Waals surface area contributed by atoms with Crippen molar-refractivity contribution in [2.45, 2.75) is 32.1 Å². The van der Waals surface area contributed by atoms with Gasteiger partial charge in [0.25, 0.3) is 5.56 Å². The predicted molar refractivity (Wildman–Crippen MR) is 151 cm³/mol. The molecular formula is C30H33N3O3S. The molecule has 1 saturated heterocycles. The molecule has 2 aromatic carbocycles. The number of ether oxygens (including phenoxy) is 1. The minimum absolute atomic E-state index is 0.0286. The van der Waals surface area contributed by atoms with Gasteiger partial charge in [0.15, 0.2) is 0 Å². The van der Waals surface area contributed by atoms with Gasteiger partial charge in [-0.05, 0) is 79.4 Å². The number of carbonyl (C=O) groups excluding carboxylic acids is 1. The number of piperazine rings is 1. The molecule has 0 bridgehead atoms. The van der Waals surface area contributed by atoms with E-state index in [4.69, 9.17) is 4.74 Å². The summed E-state index contributed by atoms with van der Waals surface area (Å²) in [5, 5.41) is 4.43. The summed E-state index contributed by atoms with van der Waals surface area (Å²) in [6.07, 6.45) is 4.86. The maximum absolute atomic E-state index is 12.9. The molecule has 6 nitrogen and oxygen atoms in total. The molecule has 37 heavy (non-hydrogen) atoms. The second-order valence-corrected chi connectivity index (χ2v) is 11.1. The van der Waals surface area contributed by atoms with Gasteiger partial charge < -0.3 is 9.64 Å². The topological polar surface area (TPSA) is 54.8 Å². The third-order valence-electron chi connectivity index (χ3n) is 7.87. The van der Waals surface area contributed by atoms with Gasteiger partial charge in [-0.2, -0.15) is 0 Å². The largest absolute Gasteiger partial charge is 0.494 e.